The zero-order chi connectivity index (χ0) is 11.7. The van der Waals surface area contributed by atoms with Crippen molar-refractivity contribution < 1.29 is 9.59 Å². The summed E-state index contributed by atoms with van der Waals surface area (Å²) in [7, 11) is 0. The second kappa shape index (κ2) is 7.68. The molecule has 2 heteroatoms. The molecule has 0 radical (unpaired) electrons. The number of hydrogen-bond acceptors (Lipinski definition) is 2. The van der Waals surface area contributed by atoms with Crippen LogP contribution < -0.4 is 0 Å². The van der Waals surface area contributed by atoms with E-state index < -0.39 is 0 Å². The number of benzene rings is 1. The lowest BCUT2D eigenvalue weighted by Gasteiger charge is -1.92. The molecule has 0 aliphatic carbocycles. The minimum absolute atomic E-state index is 0.162. The summed E-state index contributed by atoms with van der Waals surface area (Å²) in [5, 5.41) is 0. The van der Waals surface area contributed by atoms with Gasteiger partial charge in [-0.1, -0.05) is 42.5 Å². The molecule has 0 saturated heterocycles. The molecule has 0 fully saturated rings. The number of hydrogen-bond donors (Lipinski definition) is 0. The van der Waals surface area contributed by atoms with Gasteiger partial charge in [-0.2, -0.15) is 0 Å². The summed E-state index contributed by atoms with van der Waals surface area (Å²) in [6.07, 6.45) is 1.53. The Bertz CT molecular complexity index is 294. The van der Waals surface area contributed by atoms with E-state index in [-0.39, 0.29) is 17.1 Å². The van der Waals surface area contributed by atoms with Gasteiger partial charge in [0.1, 0.15) is 0 Å². The van der Waals surface area contributed by atoms with Crippen molar-refractivity contribution in [1.82, 2.24) is 0 Å². The molecular formula is C13H16O2. The van der Waals surface area contributed by atoms with Gasteiger partial charge in [-0.15, -0.1) is 0 Å². The molecule has 0 spiro atoms. The number of carbonyl (C=O) groups excluding carboxylic acids is 2. The van der Waals surface area contributed by atoms with Crippen LogP contribution in [0.2, 0.25) is 0 Å². The third kappa shape index (κ3) is 6.38. The Morgan fingerprint density at radius 1 is 0.800 bits per heavy atom. The van der Waals surface area contributed by atoms with Crippen LogP contribution >= 0.6 is 0 Å². The van der Waals surface area contributed by atoms with Gasteiger partial charge in [-0.05, 0) is 20.8 Å². The van der Waals surface area contributed by atoms with Crippen LogP contribution in [0.25, 0.3) is 0 Å². The van der Waals surface area contributed by atoms with Gasteiger partial charge in [-0.3, -0.25) is 9.59 Å². The van der Waals surface area contributed by atoms with Crippen molar-refractivity contribution in [3.63, 3.8) is 0 Å². The van der Waals surface area contributed by atoms with Crippen molar-refractivity contribution in [3.8, 4) is 0 Å². The summed E-state index contributed by atoms with van der Waals surface area (Å²) in [6.45, 7) is 4.45. The van der Waals surface area contributed by atoms with Gasteiger partial charge in [0.05, 0.1) is 5.57 Å². The van der Waals surface area contributed by atoms with Crippen LogP contribution in [0, 0.1) is 0 Å². The fourth-order valence-electron chi connectivity index (χ4n) is 1.04. The van der Waals surface area contributed by atoms with Crippen LogP contribution in [0.4, 0.5) is 0 Å². The molecule has 0 aliphatic heterocycles. The van der Waals surface area contributed by atoms with E-state index >= 15 is 0 Å². The molecule has 0 amide bonds. The second-order valence-corrected chi connectivity index (χ2v) is 2.97. The summed E-state index contributed by atoms with van der Waals surface area (Å²) in [5.41, 5.74) is 0.287. The van der Waals surface area contributed by atoms with Gasteiger partial charge >= 0.3 is 0 Å². The Labute approximate surface area is 90.6 Å². The van der Waals surface area contributed by atoms with Crippen molar-refractivity contribution >= 4 is 11.6 Å². The summed E-state index contributed by atoms with van der Waals surface area (Å²) in [6, 6.07) is 12.0. The number of Topliss-reactive ketones (excluding diaryl/α,β-unsaturated/α-hetero) is 2. The highest BCUT2D eigenvalue weighted by Crippen LogP contribution is 1.95. The third-order valence-corrected chi connectivity index (χ3v) is 1.71. The summed E-state index contributed by atoms with van der Waals surface area (Å²) in [4.78, 5) is 21.1. The average molecular weight is 204 g/mol. The van der Waals surface area contributed by atoms with Crippen LogP contribution in [0.5, 0.6) is 0 Å². The van der Waals surface area contributed by atoms with Gasteiger partial charge in [0.15, 0.2) is 11.6 Å². The molecule has 0 bridgehead atoms. The normalized spacial score (nSPS) is 8.20. The lowest BCUT2D eigenvalue weighted by Crippen LogP contribution is -2.04. The third-order valence-electron chi connectivity index (χ3n) is 1.71. The standard InChI is InChI=1S/C7H10O2.C6H6/c1-4-7(5(2)8)6(3)9;1-2-4-6-5-3-1/h4H,1-3H3;1-6H. The largest absolute Gasteiger partial charge is 0.294 e. The molecule has 15 heavy (non-hydrogen) atoms. The molecule has 0 aliphatic rings. The van der Waals surface area contributed by atoms with E-state index in [1.54, 1.807) is 6.92 Å². The first-order chi connectivity index (χ1) is 7.09. The first-order valence-corrected chi connectivity index (χ1v) is 4.77. The topological polar surface area (TPSA) is 34.1 Å². The Kier molecular flexibility index (Phi) is 6.81. The number of rotatable bonds is 2. The molecular weight excluding hydrogens is 188 g/mol. The molecule has 0 saturated carbocycles. The predicted molar refractivity (Wildman–Crippen MR) is 61.6 cm³/mol. The lowest BCUT2D eigenvalue weighted by molar-refractivity contribution is -0.119. The van der Waals surface area contributed by atoms with E-state index in [0.717, 1.165) is 0 Å². The molecule has 1 aromatic rings. The highest BCUT2D eigenvalue weighted by Gasteiger charge is 2.05. The summed E-state index contributed by atoms with van der Waals surface area (Å²) in [5.74, 6) is -0.324. The van der Waals surface area contributed by atoms with Crippen LogP contribution in [0.3, 0.4) is 0 Å². The van der Waals surface area contributed by atoms with Gasteiger partial charge in [0.25, 0.3) is 0 Å². The number of carbonyl (C=O) groups is 2. The maximum Gasteiger partial charge on any atom is 0.163 e. The summed E-state index contributed by atoms with van der Waals surface area (Å²) >= 11 is 0. The molecule has 0 heterocycles. The van der Waals surface area contributed by atoms with Crippen LogP contribution in [0.15, 0.2) is 48.0 Å². The maximum absolute atomic E-state index is 10.5. The van der Waals surface area contributed by atoms with Crippen LogP contribution in [-0.2, 0) is 9.59 Å². The molecule has 0 aromatic heterocycles. The maximum atomic E-state index is 10.5. The molecule has 1 aromatic carbocycles. The Morgan fingerprint density at radius 3 is 1.13 bits per heavy atom. The van der Waals surface area contributed by atoms with Crippen LogP contribution in [0.1, 0.15) is 20.8 Å². The fourth-order valence-corrected chi connectivity index (χ4v) is 1.04. The molecule has 0 unspecified atom stereocenters. The van der Waals surface area contributed by atoms with E-state index in [9.17, 15) is 9.59 Å². The lowest BCUT2D eigenvalue weighted by atomic mass is 10.1. The number of ketones is 2. The van der Waals surface area contributed by atoms with Crippen molar-refractivity contribution in [3.05, 3.63) is 48.0 Å². The van der Waals surface area contributed by atoms with Gasteiger partial charge in [0, 0.05) is 0 Å². The van der Waals surface area contributed by atoms with Gasteiger partial charge in [0.2, 0.25) is 0 Å². The quantitative estimate of drug-likeness (QED) is 0.421. The van der Waals surface area contributed by atoms with Gasteiger partial charge in [-0.25, -0.2) is 0 Å². The Balaban J connectivity index is 0.000000280. The zero-order valence-corrected chi connectivity index (χ0v) is 9.36. The van der Waals surface area contributed by atoms with Gasteiger partial charge < -0.3 is 0 Å². The van der Waals surface area contributed by atoms with Crippen molar-refractivity contribution in [1.29, 1.82) is 0 Å². The van der Waals surface area contributed by atoms with Crippen LogP contribution in [-0.4, -0.2) is 11.6 Å². The number of allylic oxidation sites excluding steroid dienone is 2. The molecule has 0 atom stereocenters. The highest BCUT2D eigenvalue weighted by molar-refractivity contribution is 6.18. The minimum atomic E-state index is -0.162. The predicted octanol–water partition coefficient (Wildman–Crippen LogP) is 2.80. The van der Waals surface area contributed by atoms with E-state index in [4.69, 9.17) is 0 Å². The van der Waals surface area contributed by atoms with E-state index in [2.05, 4.69) is 0 Å². The molecule has 1 rings (SSSR count). The SMILES string of the molecule is CC=C(C(C)=O)C(C)=O.c1ccccc1. The Morgan fingerprint density at radius 2 is 1.07 bits per heavy atom. The summed E-state index contributed by atoms with van der Waals surface area (Å²) < 4.78 is 0. The van der Waals surface area contributed by atoms with E-state index in [1.165, 1.54) is 19.9 Å². The highest BCUT2D eigenvalue weighted by atomic mass is 16.1. The van der Waals surface area contributed by atoms with E-state index in [1.807, 2.05) is 36.4 Å². The first-order valence-electron chi connectivity index (χ1n) is 4.77. The van der Waals surface area contributed by atoms with Crippen molar-refractivity contribution in [2.75, 3.05) is 0 Å². The minimum Gasteiger partial charge on any atom is -0.294 e. The fraction of sp³-hybridized carbons (Fsp3) is 0.231. The van der Waals surface area contributed by atoms with E-state index in [0.29, 0.717) is 0 Å². The van der Waals surface area contributed by atoms with Crippen molar-refractivity contribution in [2.24, 2.45) is 0 Å². The molecule has 2 nitrogen and oxygen atoms in total. The Hall–Kier alpha value is -1.70. The van der Waals surface area contributed by atoms with Crippen molar-refractivity contribution in [2.45, 2.75) is 20.8 Å². The first kappa shape index (κ1) is 13.3. The zero-order valence-electron chi connectivity index (χ0n) is 9.36. The molecule has 0 N–H and O–H groups in total. The monoisotopic (exact) mass is 204 g/mol. The smallest absolute Gasteiger partial charge is 0.163 e. The second-order valence-electron chi connectivity index (χ2n) is 2.97. The molecule has 80 valence electrons. The average Bonchev–Trinajstić information content (AvgIpc) is 2.21.